The molecule has 0 aliphatic rings. The Bertz CT molecular complexity index is 353. The maximum Gasteiger partial charge on any atom is 0.337 e. The van der Waals surface area contributed by atoms with E-state index in [-0.39, 0.29) is 17.0 Å². The first-order valence-corrected chi connectivity index (χ1v) is 3.77. The predicted molar refractivity (Wildman–Crippen MR) is 48.5 cm³/mol. The van der Waals surface area contributed by atoms with Crippen molar-refractivity contribution >= 4 is 11.7 Å². The van der Waals surface area contributed by atoms with Crippen molar-refractivity contribution in [2.75, 3.05) is 5.43 Å². The highest BCUT2D eigenvalue weighted by Gasteiger charge is 2.22. The van der Waals surface area contributed by atoms with Gasteiger partial charge in [-0.25, -0.2) is 4.79 Å². The lowest BCUT2D eigenvalue weighted by Gasteiger charge is -2.12. The molecule has 76 valence electrons. The molecule has 0 aromatic heterocycles. The largest absolute Gasteiger partial charge is 0.507 e. The summed E-state index contributed by atoms with van der Waals surface area (Å²) in [4.78, 5) is 10.5. The average molecular weight is 198 g/mol. The lowest BCUT2D eigenvalue weighted by molar-refractivity contribution is -0.147. The zero-order chi connectivity index (χ0) is 10.7. The number of nitrogens with two attached hydrogens (primary N) is 1. The molecule has 0 radical (unpaired) electrons. The number of hydrazine groups is 1. The number of phenols is 1. The Labute approximate surface area is 79.6 Å². The molecule has 0 saturated carbocycles. The van der Waals surface area contributed by atoms with Crippen LogP contribution in [0.4, 0.5) is 5.69 Å². The van der Waals surface area contributed by atoms with Crippen molar-refractivity contribution in [1.29, 1.82) is 0 Å². The van der Waals surface area contributed by atoms with Crippen LogP contribution in [0.5, 0.6) is 5.75 Å². The van der Waals surface area contributed by atoms with Crippen LogP contribution in [0.3, 0.4) is 0 Å². The Balaban J connectivity index is 3.23. The summed E-state index contributed by atoms with van der Waals surface area (Å²) in [5.41, 5.74) is 2.20. The summed E-state index contributed by atoms with van der Waals surface area (Å²) in [7, 11) is 0. The van der Waals surface area contributed by atoms with Gasteiger partial charge in [-0.2, -0.15) is 0 Å². The Kier molecular flexibility index (Phi) is 2.90. The van der Waals surface area contributed by atoms with Crippen LogP contribution in [0.1, 0.15) is 11.7 Å². The fourth-order valence-corrected chi connectivity index (χ4v) is 1.09. The normalized spacial score (nSPS) is 12.1. The smallest absolute Gasteiger partial charge is 0.337 e. The van der Waals surface area contributed by atoms with Crippen LogP contribution in [0, 0.1) is 0 Å². The van der Waals surface area contributed by atoms with Crippen LogP contribution < -0.4 is 11.3 Å². The van der Waals surface area contributed by atoms with Gasteiger partial charge in [-0.1, -0.05) is 6.07 Å². The SMILES string of the molecule is NNc1cccc(O)c1C(O)C(=O)O. The molecule has 1 rings (SSSR count). The van der Waals surface area contributed by atoms with E-state index in [2.05, 4.69) is 5.43 Å². The van der Waals surface area contributed by atoms with Gasteiger partial charge in [0.2, 0.25) is 0 Å². The van der Waals surface area contributed by atoms with Crippen LogP contribution in [-0.2, 0) is 4.79 Å². The highest BCUT2D eigenvalue weighted by molar-refractivity contribution is 5.78. The Morgan fingerprint density at radius 1 is 1.50 bits per heavy atom. The monoisotopic (exact) mass is 198 g/mol. The second-order valence-electron chi connectivity index (χ2n) is 2.62. The van der Waals surface area contributed by atoms with Crippen molar-refractivity contribution in [3.63, 3.8) is 0 Å². The Hall–Kier alpha value is -1.79. The summed E-state index contributed by atoms with van der Waals surface area (Å²) >= 11 is 0. The van der Waals surface area contributed by atoms with E-state index in [0.717, 1.165) is 0 Å². The van der Waals surface area contributed by atoms with Crippen molar-refractivity contribution < 1.29 is 20.1 Å². The second-order valence-corrected chi connectivity index (χ2v) is 2.62. The lowest BCUT2D eigenvalue weighted by atomic mass is 10.1. The second kappa shape index (κ2) is 3.95. The number of nitrogen functional groups attached to an aromatic ring is 1. The van der Waals surface area contributed by atoms with Crippen molar-refractivity contribution in [1.82, 2.24) is 0 Å². The minimum atomic E-state index is -1.80. The highest BCUT2D eigenvalue weighted by atomic mass is 16.4. The van der Waals surface area contributed by atoms with E-state index in [9.17, 15) is 15.0 Å². The Morgan fingerprint density at radius 3 is 2.64 bits per heavy atom. The molecule has 6 N–H and O–H groups in total. The van der Waals surface area contributed by atoms with Gasteiger partial charge in [-0.05, 0) is 12.1 Å². The molecule has 0 bridgehead atoms. The maximum absolute atomic E-state index is 10.5. The number of carbonyl (C=O) groups is 1. The summed E-state index contributed by atoms with van der Waals surface area (Å²) in [6, 6.07) is 4.19. The number of anilines is 1. The number of hydrogen-bond acceptors (Lipinski definition) is 5. The van der Waals surface area contributed by atoms with Gasteiger partial charge in [0.05, 0.1) is 11.3 Å². The number of carboxylic acid groups (broad SMARTS) is 1. The summed E-state index contributed by atoms with van der Waals surface area (Å²) in [5.74, 6) is 3.31. The zero-order valence-corrected chi connectivity index (χ0v) is 7.14. The molecule has 1 aromatic carbocycles. The highest BCUT2D eigenvalue weighted by Crippen LogP contribution is 2.30. The third kappa shape index (κ3) is 1.76. The van der Waals surface area contributed by atoms with E-state index in [1.807, 2.05) is 0 Å². The van der Waals surface area contributed by atoms with Gasteiger partial charge in [0.25, 0.3) is 0 Å². The molecule has 0 spiro atoms. The van der Waals surface area contributed by atoms with Gasteiger partial charge in [-0.3, -0.25) is 5.84 Å². The van der Waals surface area contributed by atoms with Crippen LogP contribution in [0.15, 0.2) is 18.2 Å². The van der Waals surface area contributed by atoms with Crippen molar-refractivity contribution in [2.24, 2.45) is 5.84 Å². The van der Waals surface area contributed by atoms with Crippen LogP contribution in [-0.4, -0.2) is 21.3 Å². The number of hydrogen-bond donors (Lipinski definition) is 5. The van der Waals surface area contributed by atoms with Gasteiger partial charge in [0, 0.05) is 0 Å². The third-order valence-corrected chi connectivity index (χ3v) is 1.75. The van der Waals surface area contributed by atoms with E-state index in [0.29, 0.717) is 0 Å². The molecular weight excluding hydrogens is 188 g/mol. The average Bonchev–Trinajstić information content (AvgIpc) is 2.16. The van der Waals surface area contributed by atoms with Crippen molar-refractivity contribution in [2.45, 2.75) is 6.10 Å². The number of aliphatic hydroxyl groups excluding tert-OH is 1. The molecule has 0 fully saturated rings. The molecule has 14 heavy (non-hydrogen) atoms. The van der Waals surface area contributed by atoms with Crippen molar-refractivity contribution in [3.8, 4) is 5.75 Å². The standard InChI is InChI=1S/C8H10N2O4/c9-10-4-2-1-3-5(11)6(4)7(12)8(13)14/h1-3,7,10-12H,9H2,(H,13,14). The first-order chi connectivity index (χ1) is 6.57. The fourth-order valence-electron chi connectivity index (χ4n) is 1.09. The first kappa shape index (κ1) is 10.3. The van der Waals surface area contributed by atoms with E-state index in [1.165, 1.54) is 18.2 Å². The summed E-state index contributed by atoms with van der Waals surface area (Å²) in [6.45, 7) is 0. The minimum Gasteiger partial charge on any atom is -0.507 e. The minimum absolute atomic E-state index is 0.150. The van der Waals surface area contributed by atoms with Gasteiger partial charge in [0.1, 0.15) is 5.75 Å². The number of aliphatic hydroxyl groups is 1. The number of aliphatic carboxylic acids is 1. The van der Waals surface area contributed by atoms with E-state index in [1.54, 1.807) is 0 Å². The van der Waals surface area contributed by atoms with Crippen molar-refractivity contribution in [3.05, 3.63) is 23.8 Å². The lowest BCUT2D eigenvalue weighted by Crippen LogP contribution is -2.16. The molecule has 0 aliphatic carbocycles. The Morgan fingerprint density at radius 2 is 2.14 bits per heavy atom. The molecule has 6 nitrogen and oxygen atoms in total. The summed E-state index contributed by atoms with van der Waals surface area (Å²) in [6.07, 6.45) is -1.80. The molecule has 1 atom stereocenters. The van der Waals surface area contributed by atoms with E-state index < -0.39 is 12.1 Å². The van der Waals surface area contributed by atoms with E-state index >= 15 is 0 Å². The number of benzene rings is 1. The zero-order valence-electron chi connectivity index (χ0n) is 7.14. The number of nitrogens with one attached hydrogen (secondary N) is 1. The molecule has 0 saturated heterocycles. The van der Waals surface area contributed by atoms with Crippen LogP contribution in [0.2, 0.25) is 0 Å². The number of phenolic OH excluding ortho intramolecular Hbond substituents is 1. The first-order valence-electron chi connectivity index (χ1n) is 3.77. The van der Waals surface area contributed by atoms with Gasteiger partial charge < -0.3 is 20.7 Å². The molecule has 6 heteroatoms. The molecule has 0 aliphatic heterocycles. The summed E-state index contributed by atoms with van der Waals surface area (Å²) in [5, 5.41) is 27.1. The van der Waals surface area contributed by atoms with Crippen LogP contribution in [0.25, 0.3) is 0 Å². The molecule has 0 heterocycles. The molecular formula is C8H10N2O4. The number of aromatic hydroxyl groups is 1. The maximum atomic E-state index is 10.5. The fraction of sp³-hybridized carbons (Fsp3) is 0.125. The predicted octanol–water partition coefficient (Wildman–Crippen LogP) is -0.204. The molecule has 0 amide bonds. The van der Waals surface area contributed by atoms with E-state index in [4.69, 9.17) is 10.9 Å². The third-order valence-electron chi connectivity index (χ3n) is 1.75. The quantitative estimate of drug-likeness (QED) is 0.339. The van der Waals surface area contributed by atoms with Gasteiger partial charge in [-0.15, -0.1) is 0 Å². The summed E-state index contributed by atoms with van der Waals surface area (Å²) < 4.78 is 0. The van der Waals surface area contributed by atoms with Gasteiger partial charge in [0.15, 0.2) is 6.10 Å². The topological polar surface area (TPSA) is 116 Å². The molecule has 1 unspecified atom stereocenters. The van der Waals surface area contributed by atoms with Crippen LogP contribution >= 0.6 is 0 Å². The number of rotatable bonds is 3. The van der Waals surface area contributed by atoms with Gasteiger partial charge >= 0.3 is 5.97 Å². The number of carboxylic acids is 1. The molecule has 1 aromatic rings.